The van der Waals surface area contributed by atoms with Crippen molar-refractivity contribution in [2.24, 2.45) is 0 Å². The first-order valence-electron chi connectivity index (χ1n) is 11.5. The summed E-state index contributed by atoms with van der Waals surface area (Å²) in [5, 5.41) is 10.9. The Kier molecular flexibility index (Phi) is 8.67. The molecule has 174 valence electrons. The predicted molar refractivity (Wildman–Crippen MR) is 127 cm³/mol. The van der Waals surface area contributed by atoms with Crippen molar-refractivity contribution in [2.75, 3.05) is 39.3 Å². The Labute approximate surface area is 192 Å². The molecule has 1 atom stereocenters. The summed E-state index contributed by atoms with van der Waals surface area (Å²) in [6, 6.07) is 20.8. The molecule has 0 spiro atoms. The van der Waals surface area contributed by atoms with Crippen molar-refractivity contribution in [1.29, 1.82) is 0 Å². The highest BCUT2D eigenvalue weighted by Gasteiger charge is 2.27. The van der Waals surface area contributed by atoms with Gasteiger partial charge in [-0.3, -0.25) is 9.80 Å². The van der Waals surface area contributed by atoms with Crippen molar-refractivity contribution in [2.45, 2.75) is 45.6 Å². The minimum atomic E-state index is -0.481. The number of aliphatic hydroxyl groups excluding tert-OH is 1. The molecule has 1 N–H and O–H groups in total. The fraction of sp³-hybridized carbons (Fsp3) is 0.500. The van der Waals surface area contributed by atoms with E-state index < -0.39 is 11.7 Å². The van der Waals surface area contributed by atoms with Gasteiger partial charge in [-0.1, -0.05) is 60.7 Å². The van der Waals surface area contributed by atoms with E-state index in [-0.39, 0.29) is 6.09 Å². The zero-order valence-corrected chi connectivity index (χ0v) is 19.6. The third-order valence-electron chi connectivity index (χ3n) is 5.46. The summed E-state index contributed by atoms with van der Waals surface area (Å²) in [5.74, 6) is 0. The molecule has 2 aromatic rings. The zero-order chi connectivity index (χ0) is 23.0. The summed E-state index contributed by atoms with van der Waals surface area (Å²) in [4.78, 5) is 18.5. The molecule has 0 aliphatic carbocycles. The molecule has 1 fully saturated rings. The van der Waals surface area contributed by atoms with E-state index in [0.717, 1.165) is 26.2 Å². The highest BCUT2D eigenvalue weighted by Crippen LogP contribution is 2.14. The largest absolute Gasteiger partial charge is 0.444 e. The molecule has 2 aromatic carbocycles. The lowest BCUT2D eigenvalue weighted by atomic mass is 10.1. The molecule has 1 aliphatic rings. The molecule has 0 aromatic heterocycles. The van der Waals surface area contributed by atoms with Crippen LogP contribution in [0.4, 0.5) is 4.79 Å². The van der Waals surface area contributed by atoms with Gasteiger partial charge in [-0.05, 0) is 31.9 Å². The lowest BCUT2D eigenvalue weighted by molar-refractivity contribution is 0.00755. The van der Waals surface area contributed by atoms with Crippen molar-refractivity contribution < 1.29 is 14.6 Å². The topological polar surface area (TPSA) is 56.3 Å². The van der Waals surface area contributed by atoms with E-state index in [9.17, 15) is 9.90 Å². The number of benzene rings is 2. The second kappa shape index (κ2) is 11.5. The van der Waals surface area contributed by atoms with E-state index >= 15 is 0 Å². The molecule has 32 heavy (non-hydrogen) atoms. The molecule has 1 saturated heterocycles. The van der Waals surface area contributed by atoms with Crippen LogP contribution in [0.1, 0.15) is 31.9 Å². The standard InChI is InChI=1S/C26H37N3O3/c1-26(2,3)32-25(31)29-16-14-27(15-17-29)20-24(30)21-28(18-22-10-6-4-7-11-22)19-23-12-8-5-9-13-23/h4-13,24,30H,14-21H2,1-3H3. The quantitative estimate of drug-likeness (QED) is 0.681. The van der Waals surface area contributed by atoms with Gasteiger partial charge < -0.3 is 14.7 Å². The number of amides is 1. The zero-order valence-electron chi connectivity index (χ0n) is 19.6. The number of carbonyl (C=O) groups is 1. The van der Waals surface area contributed by atoms with Crippen LogP contribution in [-0.4, -0.2) is 76.9 Å². The Bertz CT molecular complexity index is 774. The van der Waals surface area contributed by atoms with Crippen molar-refractivity contribution in [3.63, 3.8) is 0 Å². The van der Waals surface area contributed by atoms with E-state index in [0.29, 0.717) is 26.2 Å². The Morgan fingerprint density at radius 1 is 0.938 bits per heavy atom. The number of hydrogen-bond donors (Lipinski definition) is 1. The number of aliphatic hydroxyl groups is 1. The van der Waals surface area contributed by atoms with Crippen LogP contribution in [0.15, 0.2) is 60.7 Å². The predicted octanol–water partition coefficient (Wildman–Crippen LogP) is 3.60. The third-order valence-corrected chi connectivity index (χ3v) is 5.46. The number of carbonyl (C=O) groups excluding carboxylic acids is 1. The maximum atomic E-state index is 12.3. The molecule has 3 rings (SSSR count). The summed E-state index contributed by atoms with van der Waals surface area (Å²) < 4.78 is 5.47. The summed E-state index contributed by atoms with van der Waals surface area (Å²) in [6.07, 6.45) is -0.718. The number of nitrogens with zero attached hydrogens (tertiary/aromatic N) is 3. The fourth-order valence-corrected chi connectivity index (χ4v) is 3.96. The Morgan fingerprint density at radius 3 is 1.91 bits per heavy atom. The first kappa shape index (κ1) is 24.2. The van der Waals surface area contributed by atoms with E-state index in [2.05, 4.69) is 58.3 Å². The Balaban J connectivity index is 1.51. The Morgan fingerprint density at radius 2 is 1.44 bits per heavy atom. The monoisotopic (exact) mass is 439 g/mol. The van der Waals surface area contributed by atoms with Crippen LogP contribution in [-0.2, 0) is 17.8 Å². The second-order valence-corrected chi connectivity index (χ2v) is 9.56. The van der Waals surface area contributed by atoms with Gasteiger partial charge in [-0.15, -0.1) is 0 Å². The van der Waals surface area contributed by atoms with Crippen LogP contribution in [0, 0.1) is 0 Å². The second-order valence-electron chi connectivity index (χ2n) is 9.56. The first-order chi connectivity index (χ1) is 15.3. The molecule has 0 bridgehead atoms. The van der Waals surface area contributed by atoms with Gasteiger partial charge in [-0.25, -0.2) is 4.79 Å². The van der Waals surface area contributed by atoms with Gasteiger partial charge >= 0.3 is 6.09 Å². The molecule has 1 unspecified atom stereocenters. The van der Waals surface area contributed by atoms with Crippen molar-refractivity contribution >= 4 is 6.09 Å². The van der Waals surface area contributed by atoms with Crippen molar-refractivity contribution in [1.82, 2.24) is 14.7 Å². The minimum Gasteiger partial charge on any atom is -0.444 e. The van der Waals surface area contributed by atoms with Gasteiger partial charge in [0, 0.05) is 52.4 Å². The third kappa shape index (κ3) is 8.26. The number of ether oxygens (including phenoxy) is 1. The molecule has 1 amide bonds. The van der Waals surface area contributed by atoms with Crippen LogP contribution in [0.3, 0.4) is 0 Å². The van der Waals surface area contributed by atoms with E-state index in [1.165, 1.54) is 11.1 Å². The van der Waals surface area contributed by atoms with Crippen molar-refractivity contribution in [3.05, 3.63) is 71.8 Å². The number of rotatable bonds is 8. The summed E-state index contributed by atoms with van der Waals surface area (Å²) in [5.41, 5.74) is 1.99. The SMILES string of the molecule is CC(C)(C)OC(=O)N1CCN(CC(O)CN(Cc2ccccc2)Cc2ccccc2)CC1. The van der Waals surface area contributed by atoms with Gasteiger partial charge in [-0.2, -0.15) is 0 Å². The number of β-amino-alcohol motifs (C(OH)–C–C–N with tert-alkyl or cyclic N) is 1. The molecular weight excluding hydrogens is 402 g/mol. The van der Waals surface area contributed by atoms with Gasteiger partial charge in [0.15, 0.2) is 0 Å². The molecule has 0 radical (unpaired) electrons. The van der Waals surface area contributed by atoms with Gasteiger partial charge in [0.2, 0.25) is 0 Å². The van der Waals surface area contributed by atoms with E-state index in [4.69, 9.17) is 4.74 Å². The van der Waals surface area contributed by atoms with Gasteiger partial charge in [0.25, 0.3) is 0 Å². The van der Waals surface area contributed by atoms with Crippen LogP contribution in [0.25, 0.3) is 0 Å². The molecular formula is C26H37N3O3. The summed E-state index contributed by atoms with van der Waals surface area (Å²) in [7, 11) is 0. The first-order valence-corrected chi connectivity index (χ1v) is 11.5. The smallest absolute Gasteiger partial charge is 0.410 e. The van der Waals surface area contributed by atoms with E-state index in [1.807, 2.05) is 32.9 Å². The normalized spacial score (nSPS) is 16.2. The van der Waals surface area contributed by atoms with Crippen LogP contribution >= 0.6 is 0 Å². The maximum absolute atomic E-state index is 12.3. The highest BCUT2D eigenvalue weighted by molar-refractivity contribution is 5.68. The van der Waals surface area contributed by atoms with Crippen LogP contribution < -0.4 is 0 Å². The summed E-state index contributed by atoms with van der Waals surface area (Å²) >= 11 is 0. The Hall–Kier alpha value is -2.41. The molecule has 6 heteroatoms. The van der Waals surface area contributed by atoms with Gasteiger partial charge in [0.1, 0.15) is 5.60 Å². The lowest BCUT2D eigenvalue weighted by Gasteiger charge is -2.37. The number of hydrogen-bond acceptors (Lipinski definition) is 5. The fourth-order valence-electron chi connectivity index (χ4n) is 3.96. The lowest BCUT2D eigenvalue weighted by Crippen LogP contribution is -2.52. The average Bonchev–Trinajstić information content (AvgIpc) is 2.74. The maximum Gasteiger partial charge on any atom is 0.410 e. The average molecular weight is 440 g/mol. The molecule has 1 aliphatic heterocycles. The molecule has 6 nitrogen and oxygen atoms in total. The van der Waals surface area contributed by atoms with Crippen molar-refractivity contribution in [3.8, 4) is 0 Å². The molecule has 1 heterocycles. The number of piperazine rings is 1. The van der Waals surface area contributed by atoms with E-state index in [1.54, 1.807) is 4.90 Å². The minimum absolute atomic E-state index is 0.255. The van der Waals surface area contributed by atoms with Gasteiger partial charge in [0.05, 0.1) is 6.10 Å². The highest BCUT2D eigenvalue weighted by atomic mass is 16.6. The summed E-state index contributed by atoms with van der Waals surface area (Å²) in [6.45, 7) is 11.2. The molecule has 0 saturated carbocycles. The van der Waals surface area contributed by atoms with Crippen LogP contribution in [0.2, 0.25) is 0 Å². The van der Waals surface area contributed by atoms with Crippen LogP contribution in [0.5, 0.6) is 0 Å².